The van der Waals surface area contributed by atoms with Crippen molar-refractivity contribution in [1.29, 1.82) is 0 Å². The summed E-state index contributed by atoms with van der Waals surface area (Å²) in [4.78, 5) is 1.26. The molecule has 0 bridgehead atoms. The third-order valence-corrected chi connectivity index (χ3v) is 6.57. The van der Waals surface area contributed by atoms with E-state index in [1.165, 1.54) is 21.6 Å². The van der Waals surface area contributed by atoms with Crippen LogP contribution in [0.2, 0.25) is 0 Å². The Kier molecular flexibility index (Phi) is 5.88. The molecule has 6 atom stereocenters. The fraction of sp³-hybridized carbons (Fsp3) is 0.579. The van der Waals surface area contributed by atoms with Gasteiger partial charge in [0.2, 0.25) is 0 Å². The van der Waals surface area contributed by atoms with Crippen molar-refractivity contribution in [1.82, 2.24) is 0 Å². The molecule has 138 valence electrons. The maximum absolute atomic E-state index is 10.3. The molecular formula is C19H26O5S. The Morgan fingerprint density at radius 1 is 1.04 bits per heavy atom. The molecule has 2 aliphatic rings. The number of rotatable bonds is 4. The van der Waals surface area contributed by atoms with Gasteiger partial charge in [-0.05, 0) is 30.7 Å². The van der Waals surface area contributed by atoms with E-state index < -0.39 is 30.5 Å². The first-order valence-electron chi connectivity index (χ1n) is 8.62. The number of hydrogen-bond acceptors (Lipinski definition) is 6. The van der Waals surface area contributed by atoms with Gasteiger partial charge in [0.25, 0.3) is 0 Å². The van der Waals surface area contributed by atoms with Crippen LogP contribution in [-0.2, 0) is 11.2 Å². The van der Waals surface area contributed by atoms with Crippen molar-refractivity contribution in [2.24, 2.45) is 0 Å². The van der Waals surface area contributed by atoms with Gasteiger partial charge in [0.15, 0.2) is 0 Å². The van der Waals surface area contributed by atoms with Gasteiger partial charge in [0, 0.05) is 11.7 Å². The largest absolute Gasteiger partial charge is 0.394 e. The average Bonchev–Trinajstić information content (AvgIpc) is 2.95. The molecule has 4 N–H and O–H groups in total. The summed E-state index contributed by atoms with van der Waals surface area (Å²) < 4.78 is 5.72. The molecule has 1 saturated heterocycles. The second kappa shape index (κ2) is 7.78. The van der Waals surface area contributed by atoms with Gasteiger partial charge in [0.05, 0.1) is 12.7 Å². The average molecular weight is 366 g/mol. The topological polar surface area (TPSA) is 90.2 Å². The van der Waals surface area contributed by atoms with Gasteiger partial charge in [-0.3, -0.25) is 0 Å². The fourth-order valence-corrected chi connectivity index (χ4v) is 5.04. The highest BCUT2D eigenvalue weighted by Gasteiger charge is 2.47. The molecule has 2 aliphatic heterocycles. The minimum atomic E-state index is -1.31. The molecule has 0 aromatic heterocycles. The lowest BCUT2D eigenvalue weighted by Crippen LogP contribution is -2.60. The van der Waals surface area contributed by atoms with Crippen LogP contribution in [0.1, 0.15) is 24.5 Å². The second-order valence-corrected chi connectivity index (χ2v) is 8.35. The molecule has 1 aromatic rings. The van der Waals surface area contributed by atoms with Gasteiger partial charge >= 0.3 is 0 Å². The van der Waals surface area contributed by atoms with E-state index in [1.807, 2.05) is 0 Å². The van der Waals surface area contributed by atoms with E-state index in [1.54, 1.807) is 11.8 Å². The zero-order valence-electron chi connectivity index (χ0n) is 14.5. The highest BCUT2D eigenvalue weighted by Crippen LogP contribution is 2.44. The fourth-order valence-electron chi connectivity index (χ4n) is 3.45. The maximum atomic E-state index is 10.3. The minimum Gasteiger partial charge on any atom is -0.394 e. The van der Waals surface area contributed by atoms with E-state index in [-0.39, 0.29) is 11.9 Å². The molecule has 1 aromatic carbocycles. The molecule has 0 saturated carbocycles. The first kappa shape index (κ1) is 18.9. The van der Waals surface area contributed by atoms with Gasteiger partial charge in [-0.1, -0.05) is 35.4 Å². The number of aliphatic hydroxyl groups is 4. The molecule has 5 nitrogen and oxygen atoms in total. The zero-order valence-corrected chi connectivity index (χ0v) is 15.3. The summed E-state index contributed by atoms with van der Waals surface area (Å²) >= 11 is 1.66. The SMILES string of the molecule is CC1=C(Cc2ccc(C)cc2)SC([C@@H]2O[C@H](CO)[C@@H](O)[C@H](O)[C@H]2O)C1. The van der Waals surface area contributed by atoms with Gasteiger partial charge < -0.3 is 25.2 Å². The van der Waals surface area contributed by atoms with Crippen LogP contribution < -0.4 is 0 Å². The van der Waals surface area contributed by atoms with E-state index in [0.29, 0.717) is 0 Å². The van der Waals surface area contributed by atoms with Crippen molar-refractivity contribution in [3.05, 3.63) is 45.9 Å². The highest BCUT2D eigenvalue weighted by atomic mass is 32.2. The minimum absolute atomic E-state index is 0.0355. The molecule has 0 spiro atoms. The van der Waals surface area contributed by atoms with Crippen molar-refractivity contribution < 1.29 is 25.2 Å². The number of hydrogen-bond donors (Lipinski definition) is 4. The summed E-state index contributed by atoms with van der Waals surface area (Å²) in [5.41, 5.74) is 3.72. The normalized spacial score (nSPS) is 36.1. The predicted octanol–water partition coefficient (Wildman–Crippen LogP) is 1.16. The Bertz CT molecular complexity index is 627. The molecular weight excluding hydrogens is 340 g/mol. The first-order valence-corrected chi connectivity index (χ1v) is 9.50. The summed E-state index contributed by atoms with van der Waals surface area (Å²) in [6.07, 6.45) is -3.64. The Morgan fingerprint density at radius 3 is 2.36 bits per heavy atom. The van der Waals surface area contributed by atoms with Crippen molar-refractivity contribution in [3.63, 3.8) is 0 Å². The molecule has 1 fully saturated rings. The summed E-state index contributed by atoms with van der Waals surface area (Å²) in [6.45, 7) is 3.76. The number of benzene rings is 1. The summed E-state index contributed by atoms with van der Waals surface area (Å²) in [7, 11) is 0. The van der Waals surface area contributed by atoms with Crippen LogP contribution in [0.25, 0.3) is 0 Å². The van der Waals surface area contributed by atoms with E-state index in [0.717, 1.165) is 12.8 Å². The zero-order chi connectivity index (χ0) is 18.1. The van der Waals surface area contributed by atoms with E-state index in [9.17, 15) is 20.4 Å². The number of ether oxygens (including phenoxy) is 1. The van der Waals surface area contributed by atoms with Crippen LogP contribution in [-0.4, -0.2) is 62.8 Å². The summed E-state index contributed by atoms with van der Waals surface area (Å²) in [5, 5.41) is 39.6. The smallest absolute Gasteiger partial charge is 0.111 e. The van der Waals surface area contributed by atoms with Gasteiger partial charge in [0.1, 0.15) is 24.4 Å². The van der Waals surface area contributed by atoms with Crippen LogP contribution in [0, 0.1) is 6.92 Å². The lowest BCUT2D eigenvalue weighted by Gasteiger charge is -2.42. The monoisotopic (exact) mass is 366 g/mol. The molecule has 2 heterocycles. The molecule has 25 heavy (non-hydrogen) atoms. The Labute approximate surface area is 152 Å². The Morgan fingerprint density at radius 2 is 1.72 bits per heavy atom. The van der Waals surface area contributed by atoms with Gasteiger partial charge in [-0.2, -0.15) is 0 Å². The van der Waals surface area contributed by atoms with Gasteiger partial charge in [-0.25, -0.2) is 0 Å². The number of allylic oxidation sites excluding steroid dienone is 2. The number of aliphatic hydroxyl groups excluding tert-OH is 4. The van der Waals surface area contributed by atoms with Crippen molar-refractivity contribution in [3.8, 4) is 0 Å². The standard InChI is InChI=1S/C19H26O5S/c1-10-3-5-12(6-4-10)8-14-11(2)7-15(25-14)19-18(23)17(22)16(21)13(9-20)24-19/h3-6,13,15-23H,7-9H2,1-2H3/t13-,15?,16-,17+,18-,19+/m1/s1. The quantitative estimate of drug-likeness (QED) is 0.639. The third kappa shape index (κ3) is 3.94. The van der Waals surface area contributed by atoms with Crippen molar-refractivity contribution in [2.75, 3.05) is 6.61 Å². The third-order valence-electron chi connectivity index (χ3n) is 5.06. The molecule has 0 radical (unpaired) electrons. The van der Waals surface area contributed by atoms with Crippen LogP contribution >= 0.6 is 11.8 Å². The molecule has 0 aliphatic carbocycles. The Hall–Kier alpha value is -0.890. The van der Waals surface area contributed by atoms with Crippen LogP contribution in [0.4, 0.5) is 0 Å². The van der Waals surface area contributed by atoms with Crippen molar-refractivity contribution >= 4 is 11.8 Å². The lowest BCUT2D eigenvalue weighted by molar-refractivity contribution is -0.228. The molecule has 6 heteroatoms. The maximum Gasteiger partial charge on any atom is 0.111 e. The molecule has 1 unspecified atom stereocenters. The van der Waals surface area contributed by atoms with E-state index in [2.05, 4.69) is 38.1 Å². The summed E-state index contributed by atoms with van der Waals surface area (Å²) in [5.74, 6) is 0. The van der Waals surface area contributed by atoms with Gasteiger partial charge in [-0.15, -0.1) is 11.8 Å². The van der Waals surface area contributed by atoms with Crippen LogP contribution in [0.15, 0.2) is 34.7 Å². The summed E-state index contributed by atoms with van der Waals surface area (Å²) in [6, 6.07) is 8.44. The second-order valence-electron chi connectivity index (χ2n) is 7.02. The van der Waals surface area contributed by atoms with Crippen molar-refractivity contribution in [2.45, 2.75) is 62.5 Å². The van der Waals surface area contributed by atoms with Crippen LogP contribution in [0.3, 0.4) is 0 Å². The van der Waals surface area contributed by atoms with Crippen LogP contribution in [0.5, 0.6) is 0 Å². The molecule has 3 rings (SSSR count). The molecule has 0 amide bonds. The lowest BCUT2D eigenvalue weighted by atomic mass is 9.91. The predicted molar refractivity (Wildman–Crippen MR) is 97.3 cm³/mol. The highest BCUT2D eigenvalue weighted by molar-refractivity contribution is 8.04. The number of thioether (sulfide) groups is 1. The number of aryl methyl sites for hydroxylation is 1. The Balaban J connectivity index is 1.68. The first-order chi connectivity index (χ1) is 11.9. The van der Waals surface area contributed by atoms with E-state index >= 15 is 0 Å². The van der Waals surface area contributed by atoms with E-state index in [4.69, 9.17) is 4.74 Å².